The first kappa shape index (κ1) is 15.8. The van der Waals surface area contributed by atoms with E-state index in [2.05, 4.69) is 21.2 Å². The molecule has 2 rings (SSSR count). The molecule has 5 heteroatoms. The molecule has 0 saturated carbocycles. The van der Waals surface area contributed by atoms with Crippen molar-refractivity contribution in [3.8, 4) is 17.2 Å². The van der Waals surface area contributed by atoms with E-state index in [4.69, 9.17) is 9.47 Å². The Bertz CT molecular complexity index is 634. The zero-order valence-corrected chi connectivity index (χ0v) is 13.7. The predicted molar refractivity (Wildman–Crippen MR) is 84.6 cm³/mol. The molecule has 0 saturated heterocycles. The number of nitrogens with one attached hydrogen (secondary N) is 1. The lowest BCUT2D eigenvalue weighted by molar-refractivity contribution is 0.388. The largest absolute Gasteiger partial charge is 0.496 e. The van der Waals surface area contributed by atoms with E-state index >= 15 is 0 Å². The summed E-state index contributed by atoms with van der Waals surface area (Å²) in [6.07, 6.45) is 0. The van der Waals surface area contributed by atoms with Crippen LogP contribution in [-0.4, -0.2) is 14.2 Å². The molecule has 0 aliphatic rings. The van der Waals surface area contributed by atoms with Crippen LogP contribution < -0.4 is 14.8 Å². The topological polar surface area (TPSA) is 30.5 Å². The average Bonchev–Trinajstić information content (AvgIpc) is 2.49. The molecule has 0 bridgehead atoms. The lowest BCUT2D eigenvalue weighted by atomic mass is 10.1. The summed E-state index contributed by atoms with van der Waals surface area (Å²) >= 11 is 3.23. The van der Waals surface area contributed by atoms with Crippen LogP contribution in [0.4, 0.5) is 4.39 Å². The van der Waals surface area contributed by atoms with Crippen molar-refractivity contribution in [1.29, 1.82) is 0 Å². The maximum atomic E-state index is 13.9. The van der Waals surface area contributed by atoms with E-state index in [1.165, 1.54) is 6.07 Å². The SMILES string of the molecule is CNC(C)c1c(OC)cccc1Oc1ccc(Br)cc1F. The molecule has 0 aromatic heterocycles. The molecule has 1 unspecified atom stereocenters. The molecule has 21 heavy (non-hydrogen) atoms. The van der Waals surface area contributed by atoms with Crippen LogP contribution in [0, 0.1) is 5.82 Å². The molecular formula is C16H17BrFNO2. The highest BCUT2D eigenvalue weighted by molar-refractivity contribution is 9.10. The minimum Gasteiger partial charge on any atom is -0.496 e. The third-order valence-electron chi connectivity index (χ3n) is 3.23. The molecule has 1 atom stereocenters. The van der Waals surface area contributed by atoms with Crippen LogP contribution in [0.3, 0.4) is 0 Å². The van der Waals surface area contributed by atoms with Crippen molar-refractivity contribution in [1.82, 2.24) is 5.32 Å². The minimum atomic E-state index is -0.421. The summed E-state index contributed by atoms with van der Waals surface area (Å²) in [6, 6.07) is 10.2. The molecule has 0 aliphatic heterocycles. The van der Waals surface area contributed by atoms with Gasteiger partial charge in [0.25, 0.3) is 0 Å². The summed E-state index contributed by atoms with van der Waals surface area (Å²) in [6.45, 7) is 1.99. The molecule has 0 radical (unpaired) electrons. The van der Waals surface area contributed by atoms with Gasteiger partial charge >= 0.3 is 0 Å². The monoisotopic (exact) mass is 353 g/mol. The van der Waals surface area contributed by atoms with Gasteiger partial charge < -0.3 is 14.8 Å². The fourth-order valence-electron chi connectivity index (χ4n) is 2.04. The summed E-state index contributed by atoms with van der Waals surface area (Å²) < 4.78 is 25.7. The highest BCUT2D eigenvalue weighted by atomic mass is 79.9. The predicted octanol–water partition coefficient (Wildman–Crippen LogP) is 4.67. The molecule has 112 valence electrons. The van der Waals surface area contributed by atoms with Crippen molar-refractivity contribution in [2.75, 3.05) is 14.2 Å². The molecule has 3 nitrogen and oxygen atoms in total. The molecule has 1 N–H and O–H groups in total. The van der Waals surface area contributed by atoms with Crippen molar-refractivity contribution < 1.29 is 13.9 Å². The van der Waals surface area contributed by atoms with Gasteiger partial charge in [-0.1, -0.05) is 22.0 Å². The van der Waals surface area contributed by atoms with Gasteiger partial charge in [0, 0.05) is 10.5 Å². The van der Waals surface area contributed by atoms with Crippen molar-refractivity contribution in [3.05, 3.63) is 52.3 Å². The number of ether oxygens (including phenoxy) is 2. The van der Waals surface area contributed by atoms with E-state index in [1.807, 2.05) is 26.1 Å². The van der Waals surface area contributed by atoms with E-state index in [9.17, 15) is 4.39 Å². The molecular weight excluding hydrogens is 337 g/mol. The van der Waals surface area contributed by atoms with Crippen molar-refractivity contribution >= 4 is 15.9 Å². The summed E-state index contributed by atoms with van der Waals surface area (Å²) in [5, 5.41) is 3.14. The Labute approximate surface area is 132 Å². The third kappa shape index (κ3) is 3.54. The zero-order chi connectivity index (χ0) is 15.4. The molecule has 2 aromatic rings. The van der Waals surface area contributed by atoms with Gasteiger partial charge in [-0.2, -0.15) is 0 Å². The maximum absolute atomic E-state index is 13.9. The number of hydrogen-bond donors (Lipinski definition) is 1. The second-order valence-corrected chi connectivity index (χ2v) is 5.47. The molecule has 0 fully saturated rings. The summed E-state index contributed by atoms with van der Waals surface area (Å²) in [7, 11) is 3.45. The first-order valence-electron chi connectivity index (χ1n) is 6.54. The summed E-state index contributed by atoms with van der Waals surface area (Å²) in [5.41, 5.74) is 0.852. The van der Waals surface area contributed by atoms with E-state index in [1.54, 1.807) is 25.3 Å². The number of hydrogen-bond acceptors (Lipinski definition) is 3. The highest BCUT2D eigenvalue weighted by Crippen LogP contribution is 2.37. The second-order valence-electron chi connectivity index (χ2n) is 4.56. The normalized spacial score (nSPS) is 12.0. The van der Waals surface area contributed by atoms with Crippen LogP contribution in [-0.2, 0) is 0 Å². The molecule has 0 aliphatic carbocycles. The summed E-state index contributed by atoms with van der Waals surface area (Å²) in [5.74, 6) is 1.02. The fourth-order valence-corrected chi connectivity index (χ4v) is 2.37. The summed E-state index contributed by atoms with van der Waals surface area (Å²) in [4.78, 5) is 0. The molecule has 0 amide bonds. The van der Waals surface area contributed by atoms with Crippen LogP contribution in [0.2, 0.25) is 0 Å². The molecule has 2 aromatic carbocycles. The van der Waals surface area contributed by atoms with Crippen LogP contribution in [0.1, 0.15) is 18.5 Å². The average molecular weight is 354 g/mol. The van der Waals surface area contributed by atoms with Gasteiger partial charge in [0.15, 0.2) is 11.6 Å². The second kappa shape index (κ2) is 6.91. The van der Waals surface area contributed by atoms with Gasteiger partial charge in [-0.15, -0.1) is 0 Å². The zero-order valence-electron chi connectivity index (χ0n) is 12.1. The highest BCUT2D eigenvalue weighted by Gasteiger charge is 2.17. The molecule has 0 heterocycles. The van der Waals surface area contributed by atoms with Crippen LogP contribution >= 0.6 is 15.9 Å². The van der Waals surface area contributed by atoms with E-state index in [0.29, 0.717) is 16.0 Å². The number of benzene rings is 2. The standard InChI is InChI=1S/C16H17BrFNO2/c1-10(19-2)16-14(20-3)5-4-6-15(16)21-13-8-7-11(17)9-12(13)18/h4-10,19H,1-3H3. The Hall–Kier alpha value is -1.59. The number of rotatable bonds is 5. The number of methoxy groups -OCH3 is 1. The number of halogens is 2. The Balaban J connectivity index is 2.43. The Morgan fingerprint density at radius 2 is 1.86 bits per heavy atom. The van der Waals surface area contributed by atoms with Crippen molar-refractivity contribution in [2.24, 2.45) is 0 Å². The van der Waals surface area contributed by atoms with Crippen molar-refractivity contribution in [2.45, 2.75) is 13.0 Å². The fraction of sp³-hybridized carbons (Fsp3) is 0.250. The first-order valence-corrected chi connectivity index (χ1v) is 7.33. The molecule has 0 spiro atoms. The quantitative estimate of drug-likeness (QED) is 0.847. The Kier molecular flexibility index (Phi) is 5.20. The van der Waals surface area contributed by atoms with Gasteiger partial charge in [0.2, 0.25) is 0 Å². The van der Waals surface area contributed by atoms with E-state index in [0.717, 1.165) is 5.56 Å². The van der Waals surface area contributed by atoms with Gasteiger partial charge in [-0.05, 0) is 44.3 Å². The smallest absolute Gasteiger partial charge is 0.166 e. The Morgan fingerprint density at radius 1 is 1.14 bits per heavy atom. The van der Waals surface area contributed by atoms with Gasteiger partial charge in [-0.3, -0.25) is 0 Å². The van der Waals surface area contributed by atoms with E-state index < -0.39 is 5.82 Å². The van der Waals surface area contributed by atoms with E-state index in [-0.39, 0.29) is 11.8 Å². The van der Waals surface area contributed by atoms with Crippen LogP contribution in [0.15, 0.2) is 40.9 Å². The van der Waals surface area contributed by atoms with Crippen LogP contribution in [0.25, 0.3) is 0 Å². The maximum Gasteiger partial charge on any atom is 0.166 e. The third-order valence-corrected chi connectivity index (χ3v) is 3.72. The lowest BCUT2D eigenvalue weighted by Crippen LogP contribution is -2.14. The first-order chi connectivity index (χ1) is 10.1. The van der Waals surface area contributed by atoms with Crippen molar-refractivity contribution in [3.63, 3.8) is 0 Å². The Morgan fingerprint density at radius 3 is 2.48 bits per heavy atom. The van der Waals surface area contributed by atoms with Gasteiger partial charge in [0.1, 0.15) is 11.5 Å². The van der Waals surface area contributed by atoms with Gasteiger partial charge in [0.05, 0.1) is 12.7 Å². The van der Waals surface area contributed by atoms with Crippen LogP contribution in [0.5, 0.6) is 17.2 Å². The lowest BCUT2D eigenvalue weighted by Gasteiger charge is -2.19. The van der Waals surface area contributed by atoms with Gasteiger partial charge in [-0.25, -0.2) is 4.39 Å². The minimum absolute atomic E-state index is 0.00894.